The van der Waals surface area contributed by atoms with Gasteiger partial charge >= 0.3 is 0 Å². The Labute approximate surface area is 92.4 Å². The van der Waals surface area contributed by atoms with E-state index < -0.39 is 0 Å². The first-order valence-corrected chi connectivity index (χ1v) is 5.21. The van der Waals surface area contributed by atoms with E-state index >= 15 is 0 Å². The first-order chi connectivity index (χ1) is 6.22. The lowest BCUT2D eigenvalue weighted by molar-refractivity contribution is 0.0921. The molecule has 0 saturated carbocycles. The molecule has 1 atom stereocenters. The summed E-state index contributed by atoms with van der Waals surface area (Å²) in [7, 11) is 1.67. The van der Waals surface area contributed by atoms with Crippen LogP contribution in [0.5, 0.6) is 5.75 Å². The van der Waals surface area contributed by atoms with Crippen LogP contribution in [0.3, 0.4) is 0 Å². The SMILES string of the molecule is COCC(C)Oc1ccc(I)cc1. The van der Waals surface area contributed by atoms with Gasteiger partial charge in [-0.2, -0.15) is 0 Å². The molecule has 0 aliphatic rings. The van der Waals surface area contributed by atoms with Gasteiger partial charge in [-0.1, -0.05) is 0 Å². The van der Waals surface area contributed by atoms with Crippen molar-refractivity contribution >= 4 is 22.6 Å². The minimum Gasteiger partial charge on any atom is -0.488 e. The van der Waals surface area contributed by atoms with Crippen molar-refractivity contribution in [1.82, 2.24) is 0 Å². The molecule has 0 radical (unpaired) electrons. The molecule has 3 heteroatoms. The lowest BCUT2D eigenvalue weighted by Gasteiger charge is -2.13. The lowest BCUT2D eigenvalue weighted by atomic mass is 10.3. The summed E-state index contributed by atoms with van der Waals surface area (Å²) < 4.78 is 11.8. The quantitative estimate of drug-likeness (QED) is 0.794. The average molecular weight is 292 g/mol. The highest BCUT2D eigenvalue weighted by molar-refractivity contribution is 14.1. The summed E-state index contributed by atoms with van der Waals surface area (Å²) in [6.45, 7) is 2.60. The molecule has 0 N–H and O–H groups in total. The molecule has 13 heavy (non-hydrogen) atoms. The third-order valence-corrected chi connectivity index (χ3v) is 2.27. The predicted molar refractivity (Wildman–Crippen MR) is 61.1 cm³/mol. The van der Waals surface area contributed by atoms with E-state index in [-0.39, 0.29) is 6.10 Å². The molecule has 0 bridgehead atoms. The molecule has 1 aromatic carbocycles. The third-order valence-electron chi connectivity index (χ3n) is 1.55. The largest absolute Gasteiger partial charge is 0.488 e. The smallest absolute Gasteiger partial charge is 0.119 e. The van der Waals surface area contributed by atoms with Crippen LogP contribution < -0.4 is 4.74 Å². The Kier molecular flexibility index (Phi) is 4.52. The van der Waals surface area contributed by atoms with E-state index in [0.717, 1.165) is 5.75 Å². The Bertz CT molecular complexity index is 246. The number of rotatable bonds is 4. The van der Waals surface area contributed by atoms with Gasteiger partial charge in [0.2, 0.25) is 0 Å². The molecule has 0 aliphatic carbocycles. The molecule has 1 rings (SSSR count). The highest BCUT2D eigenvalue weighted by Gasteiger charge is 2.02. The summed E-state index contributed by atoms with van der Waals surface area (Å²) in [5, 5.41) is 0. The van der Waals surface area contributed by atoms with Gasteiger partial charge in [0.1, 0.15) is 11.9 Å². The molecule has 0 aliphatic heterocycles. The Morgan fingerprint density at radius 3 is 2.46 bits per heavy atom. The zero-order valence-electron chi connectivity index (χ0n) is 7.79. The van der Waals surface area contributed by atoms with Crippen LogP contribution >= 0.6 is 22.6 Å². The minimum absolute atomic E-state index is 0.102. The normalized spacial score (nSPS) is 12.5. The summed E-state index contributed by atoms with van der Waals surface area (Å²) in [6, 6.07) is 7.98. The van der Waals surface area contributed by atoms with Gasteiger partial charge in [-0.3, -0.25) is 0 Å². The maximum absolute atomic E-state index is 5.58. The predicted octanol–water partition coefficient (Wildman–Crippen LogP) is 2.70. The molecule has 0 heterocycles. The van der Waals surface area contributed by atoms with Gasteiger partial charge in [-0.25, -0.2) is 0 Å². The maximum Gasteiger partial charge on any atom is 0.119 e. The number of hydrogen-bond donors (Lipinski definition) is 0. The number of benzene rings is 1. The first-order valence-electron chi connectivity index (χ1n) is 4.13. The molecule has 0 spiro atoms. The van der Waals surface area contributed by atoms with E-state index in [1.54, 1.807) is 7.11 Å². The molecule has 1 aromatic rings. The van der Waals surface area contributed by atoms with Crippen molar-refractivity contribution < 1.29 is 9.47 Å². The molecule has 2 nitrogen and oxygen atoms in total. The Morgan fingerprint density at radius 1 is 1.31 bits per heavy atom. The van der Waals surface area contributed by atoms with Crippen molar-refractivity contribution in [2.24, 2.45) is 0 Å². The molecule has 0 amide bonds. The second-order valence-electron chi connectivity index (χ2n) is 2.84. The molecule has 0 saturated heterocycles. The topological polar surface area (TPSA) is 18.5 Å². The second-order valence-corrected chi connectivity index (χ2v) is 4.08. The van der Waals surface area contributed by atoms with Crippen molar-refractivity contribution in [2.75, 3.05) is 13.7 Å². The molecule has 1 unspecified atom stereocenters. The summed E-state index contributed by atoms with van der Waals surface area (Å²) in [5.74, 6) is 0.893. The molecular formula is C10H13IO2. The summed E-state index contributed by atoms with van der Waals surface area (Å²) in [4.78, 5) is 0. The number of methoxy groups -OCH3 is 1. The van der Waals surface area contributed by atoms with Crippen LogP contribution in [0.2, 0.25) is 0 Å². The highest BCUT2D eigenvalue weighted by atomic mass is 127. The standard InChI is InChI=1S/C10H13IO2/c1-8(7-12-2)13-10-5-3-9(11)4-6-10/h3-6,8H,7H2,1-2H3. The Balaban J connectivity index is 2.49. The summed E-state index contributed by atoms with van der Waals surface area (Å²) in [6.07, 6.45) is 0.102. The number of ether oxygens (including phenoxy) is 2. The van der Waals surface area contributed by atoms with Gasteiger partial charge in [0.05, 0.1) is 6.61 Å². The van der Waals surface area contributed by atoms with Gasteiger partial charge in [0.25, 0.3) is 0 Å². The van der Waals surface area contributed by atoms with Crippen LogP contribution in [0, 0.1) is 3.57 Å². The monoisotopic (exact) mass is 292 g/mol. The molecule has 72 valence electrons. The van der Waals surface area contributed by atoms with Crippen molar-refractivity contribution in [3.63, 3.8) is 0 Å². The van der Waals surface area contributed by atoms with E-state index in [1.165, 1.54) is 3.57 Å². The second kappa shape index (κ2) is 5.44. The zero-order chi connectivity index (χ0) is 9.68. The van der Waals surface area contributed by atoms with Gasteiger partial charge in [-0.05, 0) is 53.8 Å². The molecule has 0 aromatic heterocycles. The molecule has 0 fully saturated rings. The molecular weight excluding hydrogens is 279 g/mol. The number of hydrogen-bond acceptors (Lipinski definition) is 2. The minimum atomic E-state index is 0.102. The van der Waals surface area contributed by atoms with E-state index in [4.69, 9.17) is 9.47 Å². The van der Waals surface area contributed by atoms with Crippen LogP contribution in [-0.2, 0) is 4.74 Å². The van der Waals surface area contributed by atoms with Crippen LogP contribution in [-0.4, -0.2) is 19.8 Å². The highest BCUT2D eigenvalue weighted by Crippen LogP contribution is 2.14. The van der Waals surface area contributed by atoms with Gasteiger partial charge in [-0.15, -0.1) is 0 Å². The van der Waals surface area contributed by atoms with Gasteiger partial charge in [0, 0.05) is 10.7 Å². The Hall–Kier alpha value is -0.290. The fourth-order valence-electron chi connectivity index (χ4n) is 1.01. The van der Waals surface area contributed by atoms with Gasteiger partial charge < -0.3 is 9.47 Å². The van der Waals surface area contributed by atoms with Crippen molar-refractivity contribution in [2.45, 2.75) is 13.0 Å². The van der Waals surface area contributed by atoms with Crippen molar-refractivity contribution in [3.05, 3.63) is 27.8 Å². The van der Waals surface area contributed by atoms with E-state index in [2.05, 4.69) is 22.6 Å². The van der Waals surface area contributed by atoms with Gasteiger partial charge in [0.15, 0.2) is 0 Å². The van der Waals surface area contributed by atoms with E-state index in [9.17, 15) is 0 Å². The van der Waals surface area contributed by atoms with E-state index in [0.29, 0.717) is 6.61 Å². The maximum atomic E-state index is 5.58. The van der Waals surface area contributed by atoms with Crippen LogP contribution in [0.4, 0.5) is 0 Å². The van der Waals surface area contributed by atoms with E-state index in [1.807, 2.05) is 31.2 Å². The van der Waals surface area contributed by atoms with Crippen LogP contribution in [0.1, 0.15) is 6.92 Å². The van der Waals surface area contributed by atoms with Crippen molar-refractivity contribution in [3.8, 4) is 5.75 Å². The Morgan fingerprint density at radius 2 is 1.92 bits per heavy atom. The lowest BCUT2D eigenvalue weighted by Crippen LogP contribution is -2.17. The van der Waals surface area contributed by atoms with Crippen LogP contribution in [0.15, 0.2) is 24.3 Å². The van der Waals surface area contributed by atoms with Crippen LogP contribution in [0.25, 0.3) is 0 Å². The first kappa shape index (κ1) is 10.8. The number of halogens is 1. The van der Waals surface area contributed by atoms with Crippen molar-refractivity contribution in [1.29, 1.82) is 0 Å². The average Bonchev–Trinajstić information content (AvgIpc) is 2.09. The summed E-state index contributed by atoms with van der Waals surface area (Å²) >= 11 is 2.27. The zero-order valence-corrected chi connectivity index (χ0v) is 9.95. The third kappa shape index (κ3) is 3.95. The fraction of sp³-hybridized carbons (Fsp3) is 0.400. The summed E-state index contributed by atoms with van der Waals surface area (Å²) in [5.41, 5.74) is 0. The fourth-order valence-corrected chi connectivity index (χ4v) is 1.37.